The van der Waals surface area contributed by atoms with Gasteiger partial charge in [-0.05, 0) is 75.8 Å². The lowest BCUT2D eigenvalue weighted by Gasteiger charge is -2.37. The number of nitrogens with one attached hydrogen (secondary N) is 1. The fourth-order valence-electron chi connectivity index (χ4n) is 7.20. The Hall–Kier alpha value is -3.30. The number of rotatable bonds is 1. The van der Waals surface area contributed by atoms with Gasteiger partial charge in [0, 0.05) is 12.0 Å². The standard InChI is InChI=1S/C33H45FN4O5/c1-19-26-18-38(27(19)20(2)39)30(40)28(32(3,4)5)37-31(41)43-33(6)16-10-12-21(33)11-8-7-9-13-24-29(42-26)36-25-17-22(34)14-15-23(25)35-24/h14-15,17,19,21,26-28H,7-13,16,18H2,1-6H3,(H,37,41)/t19-,21-,26+,27+,28-,33-/m1/s1. The van der Waals surface area contributed by atoms with Gasteiger partial charge in [-0.15, -0.1) is 0 Å². The van der Waals surface area contributed by atoms with Crippen LogP contribution < -0.4 is 10.1 Å². The van der Waals surface area contributed by atoms with E-state index in [0.29, 0.717) is 29.0 Å². The molecule has 2 aliphatic heterocycles. The molecule has 43 heavy (non-hydrogen) atoms. The molecule has 3 aliphatic rings. The average molecular weight is 597 g/mol. The third kappa shape index (κ3) is 6.48. The number of nitrogens with zero attached hydrogens (tertiary/aromatic N) is 3. The predicted molar refractivity (Wildman–Crippen MR) is 160 cm³/mol. The van der Waals surface area contributed by atoms with E-state index in [-0.39, 0.29) is 30.1 Å². The first-order valence-corrected chi connectivity index (χ1v) is 15.7. The lowest BCUT2D eigenvalue weighted by molar-refractivity contribution is -0.141. The summed E-state index contributed by atoms with van der Waals surface area (Å²) in [6.45, 7) is 11.1. The quantitative estimate of drug-likeness (QED) is 0.445. The number of alkyl carbamates (subject to hydrolysis) is 1. The van der Waals surface area contributed by atoms with Crippen LogP contribution in [0.5, 0.6) is 5.88 Å². The molecular formula is C33H45FN4O5. The van der Waals surface area contributed by atoms with Gasteiger partial charge in [0.05, 0.1) is 23.6 Å². The Labute approximate surface area is 253 Å². The van der Waals surface area contributed by atoms with E-state index in [4.69, 9.17) is 14.5 Å². The van der Waals surface area contributed by atoms with E-state index >= 15 is 0 Å². The molecule has 1 aromatic heterocycles. The molecule has 1 saturated heterocycles. The van der Waals surface area contributed by atoms with E-state index < -0.39 is 41.1 Å². The van der Waals surface area contributed by atoms with Gasteiger partial charge in [0.2, 0.25) is 11.8 Å². The molecule has 5 rings (SSSR count). The van der Waals surface area contributed by atoms with Crippen LogP contribution in [0.25, 0.3) is 11.0 Å². The second-order valence-corrected chi connectivity index (χ2v) is 14.0. The maximum absolute atomic E-state index is 14.2. The van der Waals surface area contributed by atoms with E-state index in [9.17, 15) is 18.8 Å². The number of carbonyl (C=O) groups is 3. The van der Waals surface area contributed by atoms with Gasteiger partial charge in [0.1, 0.15) is 29.3 Å². The summed E-state index contributed by atoms with van der Waals surface area (Å²) in [5, 5.41) is 2.88. The highest BCUT2D eigenvalue weighted by Crippen LogP contribution is 2.42. The number of Topliss-reactive ketones (excluding diaryl/α,β-unsaturated/α-hetero) is 1. The van der Waals surface area contributed by atoms with Gasteiger partial charge in [0.25, 0.3) is 0 Å². The summed E-state index contributed by atoms with van der Waals surface area (Å²) in [5.74, 6) is -0.748. The molecule has 10 heteroatoms. The van der Waals surface area contributed by atoms with E-state index in [1.807, 2.05) is 34.6 Å². The largest absolute Gasteiger partial charge is 0.471 e. The minimum atomic E-state index is -0.922. The van der Waals surface area contributed by atoms with E-state index in [0.717, 1.165) is 44.9 Å². The highest BCUT2D eigenvalue weighted by atomic mass is 19.1. The molecule has 3 heterocycles. The first kappa shape index (κ1) is 31.1. The first-order valence-electron chi connectivity index (χ1n) is 15.7. The number of halogens is 1. The Bertz CT molecular complexity index is 1390. The second kappa shape index (κ2) is 12.0. The van der Waals surface area contributed by atoms with Gasteiger partial charge in [-0.2, -0.15) is 0 Å². The van der Waals surface area contributed by atoms with Crippen molar-refractivity contribution < 1.29 is 28.2 Å². The molecule has 0 unspecified atom stereocenters. The molecule has 234 valence electrons. The van der Waals surface area contributed by atoms with Crippen LogP contribution in [-0.4, -0.2) is 63.0 Å². The number of hydrogen-bond acceptors (Lipinski definition) is 7. The van der Waals surface area contributed by atoms with Crippen molar-refractivity contribution in [1.29, 1.82) is 0 Å². The highest BCUT2D eigenvalue weighted by Gasteiger charge is 2.50. The summed E-state index contributed by atoms with van der Waals surface area (Å²) in [5.41, 5.74) is 0.406. The molecule has 6 atom stereocenters. The van der Waals surface area contributed by atoms with Gasteiger partial charge in [-0.25, -0.2) is 19.2 Å². The number of fused-ring (bicyclic) bond motifs is 5. The number of ketones is 1. The molecule has 2 bridgehead atoms. The third-order valence-electron chi connectivity index (χ3n) is 9.68. The normalized spacial score (nSPS) is 30.9. The Morgan fingerprint density at radius 1 is 1.09 bits per heavy atom. The molecule has 1 saturated carbocycles. The van der Waals surface area contributed by atoms with Crippen LogP contribution in [0, 0.1) is 23.1 Å². The van der Waals surface area contributed by atoms with Gasteiger partial charge < -0.3 is 19.7 Å². The summed E-state index contributed by atoms with van der Waals surface area (Å²) < 4.78 is 26.7. The van der Waals surface area contributed by atoms with Crippen molar-refractivity contribution in [3.05, 3.63) is 29.7 Å². The zero-order chi connectivity index (χ0) is 31.1. The molecule has 2 aromatic rings. The Morgan fingerprint density at radius 2 is 1.84 bits per heavy atom. The molecule has 9 nitrogen and oxygen atoms in total. The van der Waals surface area contributed by atoms with Gasteiger partial charge in [0.15, 0.2) is 5.78 Å². The average Bonchev–Trinajstić information content (AvgIpc) is 3.44. The summed E-state index contributed by atoms with van der Waals surface area (Å²) in [6.07, 6.45) is 5.96. The van der Waals surface area contributed by atoms with Crippen molar-refractivity contribution in [1.82, 2.24) is 20.2 Å². The van der Waals surface area contributed by atoms with E-state index in [2.05, 4.69) is 10.3 Å². The number of aryl methyl sites for hydroxylation is 1. The monoisotopic (exact) mass is 596 g/mol. The molecular weight excluding hydrogens is 551 g/mol. The fourth-order valence-corrected chi connectivity index (χ4v) is 7.20. The van der Waals surface area contributed by atoms with Crippen LogP contribution in [0.4, 0.5) is 9.18 Å². The van der Waals surface area contributed by atoms with Crippen molar-refractivity contribution in [2.24, 2.45) is 17.3 Å². The van der Waals surface area contributed by atoms with Gasteiger partial charge in [-0.1, -0.05) is 40.5 Å². The maximum Gasteiger partial charge on any atom is 0.408 e. The number of benzene rings is 1. The second-order valence-electron chi connectivity index (χ2n) is 14.0. The van der Waals surface area contributed by atoms with Crippen molar-refractivity contribution >= 4 is 28.8 Å². The number of aromatic nitrogens is 2. The Kier molecular flexibility index (Phi) is 8.69. The predicted octanol–water partition coefficient (Wildman–Crippen LogP) is 5.77. The maximum atomic E-state index is 14.2. The number of ether oxygens (including phenoxy) is 2. The lowest BCUT2D eigenvalue weighted by Crippen LogP contribution is -2.57. The Morgan fingerprint density at radius 3 is 2.56 bits per heavy atom. The lowest BCUT2D eigenvalue weighted by atomic mass is 9.85. The van der Waals surface area contributed by atoms with E-state index in [1.54, 1.807) is 6.07 Å². The Balaban J connectivity index is 1.53. The third-order valence-corrected chi connectivity index (χ3v) is 9.68. The summed E-state index contributed by atoms with van der Waals surface area (Å²) in [6, 6.07) is 2.66. The van der Waals surface area contributed by atoms with Crippen LogP contribution in [-0.2, 0) is 20.7 Å². The summed E-state index contributed by atoms with van der Waals surface area (Å²) in [7, 11) is 0. The van der Waals surface area contributed by atoms with Crippen LogP contribution in [0.1, 0.15) is 92.2 Å². The number of carbonyl (C=O) groups excluding carboxylic acids is 3. The van der Waals surface area contributed by atoms with E-state index in [1.165, 1.54) is 24.0 Å². The highest BCUT2D eigenvalue weighted by molar-refractivity contribution is 5.92. The van der Waals surface area contributed by atoms with Gasteiger partial charge >= 0.3 is 6.09 Å². The first-order chi connectivity index (χ1) is 20.3. The van der Waals surface area contributed by atoms with Crippen LogP contribution in [0.3, 0.4) is 0 Å². The molecule has 2 amide bonds. The van der Waals surface area contributed by atoms with Crippen LogP contribution >= 0.6 is 0 Å². The smallest absolute Gasteiger partial charge is 0.408 e. The fraction of sp³-hybridized carbons (Fsp3) is 0.667. The number of amides is 2. The molecule has 1 aromatic carbocycles. The molecule has 0 spiro atoms. The minimum absolute atomic E-state index is 0.135. The SMILES string of the molecule is CC(=O)[C@@H]1[C@H](C)[C@@H]2CN1C(=O)[C@H](C(C)(C)C)NC(=O)O[C@]1(C)CCC[C@H]1CCCCCc1nc3ccc(F)cc3nc1O2. The molecule has 1 N–H and O–H groups in total. The zero-order valence-corrected chi connectivity index (χ0v) is 26.2. The summed E-state index contributed by atoms with van der Waals surface area (Å²) in [4.78, 5) is 51.5. The van der Waals surface area contributed by atoms with Gasteiger partial charge in [-0.3, -0.25) is 9.59 Å². The van der Waals surface area contributed by atoms with Crippen molar-refractivity contribution in [3.63, 3.8) is 0 Å². The van der Waals surface area contributed by atoms with Crippen molar-refractivity contribution in [2.45, 2.75) is 117 Å². The number of hydrogen-bond donors (Lipinski definition) is 1. The zero-order valence-electron chi connectivity index (χ0n) is 26.2. The van der Waals surface area contributed by atoms with Crippen LogP contribution in [0.2, 0.25) is 0 Å². The summed E-state index contributed by atoms with van der Waals surface area (Å²) >= 11 is 0. The minimum Gasteiger partial charge on any atom is -0.471 e. The van der Waals surface area contributed by atoms with Crippen molar-refractivity contribution in [2.75, 3.05) is 6.54 Å². The topological polar surface area (TPSA) is 111 Å². The molecule has 0 radical (unpaired) electrons. The molecule has 1 aliphatic carbocycles. The van der Waals surface area contributed by atoms with Crippen LogP contribution in [0.15, 0.2) is 18.2 Å². The van der Waals surface area contributed by atoms with Crippen molar-refractivity contribution in [3.8, 4) is 5.88 Å². The molecule has 2 fully saturated rings.